The summed E-state index contributed by atoms with van der Waals surface area (Å²) >= 11 is 0. The molecule has 0 fully saturated rings. The average molecular weight is 367 g/mol. The van der Waals surface area contributed by atoms with Gasteiger partial charge in [0.05, 0.1) is 7.11 Å². The van der Waals surface area contributed by atoms with Crippen LogP contribution in [0.25, 0.3) is 0 Å². The number of esters is 1. The van der Waals surface area contributed by atoms with Crippen molar-refractivity contribution in [2.75, 3.05) is 13.7 Å². The number of ketones is 1. The van der Waals surface area contributed by atoms with Gasteiger partial charge in [0.1, 0.15) is 11.5 Å². The Morgan fingerprint density at radius 2 is 1.74 bits per heavy atom. The lowest BCUT2D eigenvalue weighted by Gasteiger charge is -2.19. The van der Waals surface area contributed by atoms with Gasteiger partial charge in [-0.1, -0.05) is 18.2 Å². The molecule has 0 saturated carbocycles. The first-order valence-electron chi connectivity index (χ1n) is 8.43. The highest BCUT2D eigenvalue weighted by atomic mass is 19.1. The Morgan fingerprint density at radius 3 is 2.37 bits per heavy atom. The summed E-state index contributed by atoms with van der Waals surface area (Å²) in [5.74, 6) is -1.96. The van der Waals surface area contributed by atoms with Crippen molar-refractivity contribution in [1.82, 2.24) is 4.90 Å². The van der Waals surface area contributed by atoms with E-state index < -0.39 is 17.6 Å². The fraction of sp³-hybridized carbons (Fsp3) is 0.190. The summed E-state index contributed by atoms with van der Waals surface area (Å²) in [6.07, 6.45) is 0.221. The standard InChI is InChI=1S/C21H18FNO4/c1-13-12-15(8-9-17(13)22)19(24)16-10-11-23(18(16)21(26)27-2)20(25)14-6-4-3-5-7-14/h3-9,12H,10-11H2,1-2H3. The quantitative estimate of drug-likeness (QED) is 0.614. The van der Waals surface area contributed by atoms with Crippen molar-refractivity contribution in [2.24, 2.45) is 0 Å². The number of methoxy groups -OCH3 is 1. The van der Waals surface area contributed by atoms with Gasteiger partial charge in [0.15, 0.2) is 5.78 Å². The van der Waals surface area contributed by atoms with Gasteiger partial charge in [-0.15, -0.1) is 0 Å². The van der Waals surface area contributed by atoms with Crippen LogP contribution in [0.5, 0.6) is 0 Å². The topological polar surface area (TPSA) is 63.7 Å². The van der Waals surface area contributed by atoms with Gasteiger partial charge in [-0.3, -0.25) is 9.59 Å². The lowest BCUT2D eigenvalue weighted by Crippen LogP contribution is -2.32. The molecule has 0 saturated heterocycles. The van der Waals surface area contributed by atoms with Gasteiger partial charge < -0.3 is 9.64 Å². The van der Waals surface area contributed by atoms with Crippen molar-refractivity contribution in [1.29, 1.82) is 0 Å². The summed E-state index contributed by atoms with van der Waals surface area (Å²) in [7, 11) is 1.20. The van der Waals surface area contributed by atoms with E-state index in [-0.39, 0.29) is 35.7 Å². The molecule has 0 radical (unpaired) electrons. The van der Waals surface area contributed by atoms with Crippen LogP contribution in [0.1, 0.15) is 32.7 Å². The predicted molar refractivity (Wildman–Crippen MR) is 96.6 cm³/mol. The van der Waals surface area contributed by atoms with Crippen molar-refractivity contribution in [3.05, 3.63) is 82.3 Å². The molecule has 2 aromatic carbocycles. The maximum absolute atomic E-state index is 13.5. The fourth-order valence-electron chi connectivity index (χ4n) is 3.07. The van der Waals surface area contributed by atoms with Crippen LogP contribution in [0.4, 0.5) is 4.39 Å². The predicted octanol–water partition coefficient (Wildman–Crippen LogP) is 3.29. The third-order valence-corrected chi connectivity index (χ3v) is 4.48. The minimum atomic E-state index is -0.751. The lowest BCUT2D eigenvalue weighted by atomic mass is 9.99. The van der Waals surface area contributed by atoms with Crippen LogP contribution in [0.2, 0.25) is 0 Å². The molecular formula is C21H18FNO4. The monoisotopic (exact) mass is 367 g/mol. The molecule has 2 aromatic rings. The molecule has 0 bridgehead atoms. The first-order valence-corrected chi connectivity index (χ1v) is 8.43. The minimum absolute atomic E-state index is 0.0571. The molecule has 138 valence electrons. The number of carbonyl (C=O) groups excluding carboxylic acids is 3. The summed E-state index contributed by atoms with van der Waals surface area (Å²) in [5.41, 5.74) is 1.14. The zero-order valence-electron chi connectivity index (χ0n) is 15.0. The second-order valence-corrected chi connectivity index (χ2v) is 6.18. The molecule has 0 atom stereocenters. The van der Waals surface area contributed by atoms with Gasteiger partial charge in [0, 0.05) is 23.2 Å². The minimum Gasteiger partial charge on any atom is -0.464 e. The summed E-state index contributed by atoms with van der Waals surface area (Å²) in [6.45, 7) is 1.75. The molecule has 1 aliphatic rings. The van der Waals surface area contributed by atoms with Gasteiger partial charge in [-0.25, -0.2) is 9.18 Å². The van der Waals surface area contributed by atoms with E-state index in [1.165, 1.54) is 30.2 Å². The van der Waals surface area contributed by atoms with E-state index in [1.54, 1.807) is 37.3 Å². The van der Waals surface area contributed by atoms with Crippen LogP contribution in [0, 0.1) is 12.7 Å². The largest absolute Gasteiger partial charge is 0.464 e. The highest BCUT2D eigenvalue weighted by Crippen LogP contribution is 2.29. The highest BCUT2D eigenvalue weighted by molar-refractivity contribution is 6.15. The van der Waals surface area contributed by atoms with E-state index in [2.05, 4.69) is 0 Å². The number of hydrogen-bond acceptors (Lipinski definition) is 4. The SMILES string of the molecule is COC(=O)C1=C(C(=O)c2ccc(F)c(C)c2)CCN1C(=O)c1ccccc1. The summed E-state index contributed by atoms with van der Waals surface area (Å²) < 4.78 is 18.3. The van der Waals surface area contributed by atoms with Crippen LogP contribution in [-0.2, 0) is 9.53 Å². The van der Waals surface area contributed by atoms with Crippen molar-refractivity contribution in [3.63, 3.8) is 0 Å². The molecule has 1 amide bonds. The van der Waals surface area contributed by atoms with E-state index in [1.807, 2.05) is 0 Å². The van der Waals surface area contributed by atoms with Crippen molar-refractivity contribution in [2.45, 2.75) is 13.3 Å². The van der Waals surface area contributed by atoms with Gasteiger partial charge >= 0.3 is 5.97 Å². The normalized spacial score (nSPS) is 13.7. The van der Waals surface area contributed by atoms with Gasteiger partial charge in [0.2, 0.25) is 0 Å². The van der Waals surface area contributed by atoms with Crippen LogP contribution in [-0.4, -0.2) is 36.2 Å². The maximum Gasteiger partial charge on any atom is 0.355 e. The number of rotatable bonds is 4. The van der Waals surface area contributed by atoms with E-state index in [0.29, 0.717) is 11.1 Å². The summed E-state index contributed by atoms with van der Waals surface area (Å²) in [6, 6.07) is 12.5. The number of nitrogens with zero attached hydrogens (tertiary/aromatic N) is 1. The molecular weight excluding hydrogens is 349 g/mol. The third-order valence-electron chi connectivity index (χ3n) is 4.48. The molecule has 0 aliphatic carbocycles. The Bertz CT molecular complexity index is 950. The number of carbonyl (C=O) groups is 3. The van der Waals surface area contributed by atoms with E-state index in [9.17, 15) is 18.8 Å². The molecule has 0 aromatic heterocycles. The van der Waals surface area contributed by atoms with E-state index in [0.717, 1.165) is 0 Å². The smallest absolute Gasteiger partial charge is 0.355 e. The molecule has 3 rings (SSSR count). The third kappa shape index (κ3) is 3.51. The maximum atomic E-state index is 13.5. The van der Waals surface area contributed by atoms with Crippen LogP contribution < -0.4 is 0 Å². The van der Waals surface area contributed by atoms with Gasteiger partial charge in [-0.2, -0.15) is 0 Å². The Hall–Kier alpha value is -3.28. The number of ether oxygens (including phenoxy) is 1. The number of benzene rings is 2. The van der Waals surface area contributed by atoms with Crippen molar-refractivity contribution >= 4 is 17.7 Å². The molecule has 1 aliphatic heterocycles. The van der Waals surface area contributed by atoms with Crippen LogP contribution in [0.3, 0.4) is 0 Å². The van der Waals surface area contributed by atoms with Crippen LogP contribution in [0.15, 0.2) is 59.8 Å². The number of halogens is 1. The number of Topliss-reactive ketones (excluding diaryl/α,β-unsaturated/α-hetero) is 1. The Morgan fingerprint density at radius 1 is 1.04 bits per heavy atom. The average Bonchev–Trinajstić information content (AvgIpc) is 3.14. The van der Waals surface area contributed by atoms with E-state index >= 15 is 0 Å². The van der Waals surface area contributed by atoms with Gasteiger partial charge in [-0.05, 0) is 49.2 Å². The molecule has 0 unspecified atom stereocenters. The zero-order chi connectivity index (χ0) is 19.6. The van der Waals surface area contributed by atoms with Crippen molar-refractivity contribution in [3.8, 4) is 0 Å². The first-order chi connectivity index (χ1) is 12.9. The molecule has 5 nitrogen and oxygen atoms in total. The van der Waals surface area contributed by atoms with Crippen molar-refractivity contribution < 1.29 is 23.5 Å². The number of amides is 1. The fourth-order valence-corrected chi connectivity index (χ4v) is 3.07. The second kappa shape index (κ2) is 7.53. The summed E-state index contributed by atoms with van der Waals surface area (Å²) in [5, 5.41) is 0. The lowest BCUT2D eigenvalue weighted by molar-refractivity contribution is -0.137. The number of hydrogen-bond donors (Lipinski definition) is 0. The Kier molecular flexibility index (Phi) is 5.16. The summed E-state index contributed by atoms with van der Waals surface area (Å²) in [4.78, 5) is 39.3. The molecule has 0 spiro atoms. The second-order valence-electron chi connectivity index (χ2n) is 6.18. The molecule has 6 heteroatoms. The zero-order valence-corrected chi connectivity index (χ0v) is 15.0. The molecule has 27 heavy (non-hydrogen) atoms. The van der Waals surface area contributed by atoms with Crippen LogP contribution >= 0.6 is 0 Å². The molecule has 0 N–H and O–H groups in total. The molecule has 1 heterocycles. The number of aryl methyl sites for hydroxylation is 1. The van der Waals surface area contributed by atoms with E-state index in [4.69, 9.17) is 4.74 Å². The highest BCUT2D eigenvalue weighted by Gasteiger charge is 2.36. The Labute approximate surface area is 156 Å². The Balaban J connectivity index is 2.02. The first kappa shape index (κ1) is 18.5. The van der Waals surface area contributed by atoms with Gasteiger partial charge in [0.25, 0.3) is 5.91 Å².